The van der Waals surface area contributed by atoms with Gasteiger partial charge in [0.2, 0.25) is 0 Å². The van der Waals surface area contributed by atoms with E-state index < -0.39 is 20.8 Å². The Kier molecular flexibility index (Phi) is 0.794. The lowest BCUT2D eigenvalue weighted by molar-refractivity contribution is 0.725. The first kappa shape index (κ1) is 2.22. The number of rotatable bonds is 0. The Morgan fingerprint density at radius 1 is 1.29 bits per heavy atom. The highest BCUT2D eigenvalue weighted by atomic mass is 28.3. The molecule has 0 aromatic rings. The minimum atomic E-state index is -1.85. The van der Waals surface area contributed by atoms with Crippen LogP contribution in [0.2, 0.25) is 18.5 Å². The molecular formula is C6H14Si. The van der Waals surface area contributed by atoms with Crippen molar-refractivity contribution in [3.63, 3.8) is 0 Å². The average Bonchev–Trinajstić information content (AvgIpc) is 1.82. The summed E-state index contributed by atoms with van der Waals surface area (Å²) >= 11 is 0. The first-order valence-corrected chi connectivity index (χ1v) is 5.17. The molecule has 1 heteroatoms. The van der Waals surface area contributed by atoms with Crippen LogP contribution in [0.1, 0.15) is 24.7 Å². The van der Waals surface area contributed by atoms with Crippen molar-refractivity contribution in [3.05, 3.63) is 0 Å². The molecule has 0 aliphatic carbocycles. The average molecular weight is 118 g/mol. The second-order valence-corrected chi connectivity index (χ2v) is 4.24. The Labute approximate surface area is 53.2 Å². The molecule has 0 atom stereocenters. The van der Waals surface area contributed by atoms with Crippen LogP contribution in [0.4, 0.5) is 0 Å². The van der Waals surface area contributed by atoms with E-state index in [-0.39, 0.29) is 0 Å². The van der Waals surface area contributed by atoms with E-state index in [1.807, 2.05) is 0 Å². The lowest BCUT2D eigenvalue weighted by Crippen LogP contribution is -2.09. The van der Waals surface area contributed by atoms with Gasteiger partial charge in [-0.25, -0.2) is 0 Å². The molecule has 0 bridgehead atoms. The Balaban J connectivity index is 2.76. The maximum Gasteiger partial charge on any atom is 0.0336 e. The lowest BCUT2D eigenvalue weighted by Gasteiger charge is -2.14. The predicted molar refractivity (Wildman–Crippen MR) is 36.5 cm³/mol. The molecular weight excluding hydrogens is 100 g/mol. The Morgan fingerprint density at radius 3 is 2.29 bits per heavy atom. The van der Waals surface area contributed by atoms with Crippen molar-refractivity contribution in [3.8, 4) is 0 Å². The normalized spacial score (nSPS) is 48.1. The first-order chi connectivity index (χ1) is 4.86. The maximum atomic E-state index is 7.58. The topological polar surface area (TPSA) is 0 Å². The van der Waals surface area contributed by atoms with Crippen molar-refractivity contribution in [1.82, 2.24) is 0 Å². The third kappa shape index (κ3) is 1.64. The largest absolute Gasteiger partial charge is 0.0720 e. The van der Waals surface area contributed by atoms with Gasteiger partial charge < -0.3 is 0 Å². The molecule has 1 aliphatic rings. The van der Waals surface area contributed by atoms with E-state index in [0.29, 0.717) is 19.3 Å². The predicted octanol–water partition coefficient (Wildman–Crippen LogP) is 2.03. The monoisotopic (exact) mass is 118 g/mol. The van der Waals surface area contributed by atoms with Crippen molar-refractivity contribution in [1.29, 1.82) is 0 Å². The van der Waals surface area contributed by atoms with Crippen LogP contribution in [0.5, 0.6) is 0 Å². The molecule has 0 amide bonds. The van der Waals surface area contributed by atoms with Crippen LogP contribution in [-0.4, -0.2) is 8.80 Å². The van der Waals surface area contributed by atoms with Gasteiger partial charge in [-0.15, -0.1) is 0 Å². The second kappa shape index (κ2) is 2.51. The van der Waals surface area contributed by atoms with Crippen molar-refractivity contribution in [2.45, 2.75) is 37.8 Å². The molecule has 0 saturated carbocycles. The van der Waals surface area contributed by atoms with Gasteiger partial charge in [0.1, 0.15) is 0 Å². The summed E-state index contributed by atoms with van der Waals surface area (Å²) in [4.78, 5) is 0. The zero-order valence-electron chi connectivity index (χ0n) is 8.70. The summed E-state index contributed by atoms with van der Waals surface area (Å²) < 4.78 is 30.3. The zero-order chi connectivity index (χ0) is 8.70. The van der Waals surface area contributed by atoms with Crippen molar-refractivity contribution < 1.29 is 5.48 Å². The summed E-state index contributed by atoms with van der Waals surface area (Å²) in [6.07, 6.45) is 1.84. The Hall–Kier alpha value is 0.217. The van der Waals surface area contributed by atoms with Gasteiger partial charge in [0, 0.05) is 14.3 Å². The zero-order valence-corrected chi connectivity index (χ0v) is 5.85. The molecule has 0 aromatic carbocycles. The van der Waals surface area contributed by atoms with Crippen molar-refractivity contribution in [2.75, 3.05) is 0 Å². The van der Waals surface area contributed by atoms with Crippen LogP contribution < -0.4 is 0 Å². The highest BCUT2D eigenvalue weighted by molar-refractivity contribution is 6.57. The summed E-state index contributed by atoms with van der Waals surface area (Å²) in [7, 11) is -1.85. The standard InChI is InChI=1S/C6H14Si/c1-7-5-3-2-4-6-7/h7H,2-6H2,1H3/i5D2,6D2. The highest BCUT2D eigenvalue weighted by Crippen LogP contribution is 2.17. The van der Waals surface area contributed by atoms with Gasteiger partial charge in [-0.3, -0.25) is 0 Å². The van der Waals surface area contributed by atoms with Crippen LogP contribution in [-0.2, 0) is 0 Å². The van der Waals surface area contributed by atoms with E-state index in [9.17, 15) is 0 Å². The summed E-state index contributed by atoms with van der Waals surface area (Å²) in [6.45, 7) is 1.80. The highest BCUT2D eigenvalue weighted by Gasteiger charge is 2.07. The van der Waals surface area contributed by atoms with Crippen molar-refractivity contribution in [2.24, 2.45) is 0 Å². The lowest BCUT2D eigenvalue weighted by atomic mass is 10.3. The van der Waals surface area contributed by atoms with Gasteiger partial charge in [-0.05, 0) is 0 Å². The maximum absolute atomic E-state index is 7.58. The van der Waals surface area contributed by atoms with E-state index in [0.717, 1.165) is 0 Å². The molecule has 0 radical (unpaired) electrons. The van der Waals surface area contributed by atoms with E-state index in [1.165, 1.54) is 0 Å². The van der Waals surface area contributed by atoms with Crippen LogP contribution in [0.25, 0.3) is 0 Å². The SMILES string of the molecule is [2H]C1([2H])CCCC([2H])([2H])[SiH]1C. The summed E-state index contributed by atoms with van der Waals surface area (Å²) in [6, 6.07) is 0. The quantitative estimate of drug-likeness (QED) is 0.427. The molecule has 0 unspecified atom stereocenters. The molecule has 1 fully saturated rings. The van der Waals surface area contributed by atoms with Gasteiger partial charge in [-0.1, -0.05) is 37.8 Å². The van der Waals surface area contributed by atoms with E-state index >= 15 is 0 Å². The molecule has 0 spiro atoms. The van der Waals surface area contributed by atoms with Gasteiger partial charge in [0.15, 0.2) is 0 Å². The summed E-state index contributed by atoms with van der Waals surface area (Å²) in [5.74, 6) is -2.33. The number of hydrogen-bond donors (Lipinski definition) is 0. The smallest absolute Gasteiger partial charge is 0.0336 e. The van der Waals surface area contributed by atoms with Crippen LogP contribution in [0, 0.1) is 0 Å². The fourth-order valence-corrected chi connectivity index (χ4v) is 2.22. The fourth-order valence-electron chi connectivity index (χ4n) is 0.798. The van der Waals surface area contributed by atoms with E-state index in [1.54, 1.807) is 6.55 Å². The van der Waals surface area contributed by atoms with Gasteiger partial charge >= 0.3 is 0 Å². The molecule has 1 rings (SSSR count). The van der Waals surface area contributed by atoms with Crippen LogP contribution in [0.3, 0.4) is 0 Å². The molecule has 7 heavy (non-hydrogen) atoms. The molecule has 42 valence electrons. The van der Waals surface area contributed by atoms with Gasteiger partial charge in [-0.2, -0.15) is 0 Å². The third-order valence-electron chi connectivity index (χ3n) is 1.25. The molecule has 1 saturated heterocycles. The van der Waals surface area contributed by atoms with Crippen LogP contribution in [0.15, 0.2) is 0 Å². The second-order valence-electron chi connectivity index (χ2n) is 1.98. The fraction of sp³-hybridized carbons (Fsp3) is 1.00. The molecule has 1 aliphatic heterocycles. The third-order valence-corrected chi connectivity index (χ3v) is 3.06. The van der Waals surface area contributed by atoms with E-state index in [2.05, 4.69) is 0 Å². The molecule has 1 heterocycles. The number of hydrogen-bond acceptors (Lipinski definition) is 0. The minimum absolute atomic E-state index is 0.569. The Morgan fingerprint density at radius 2 is 1.86 bits per heavy atom. The van der Waals surface area contributed by atoms with Crippen molar-refractivity contribution >= 4 is 8.80 Å². The van der Waals surface area contributed by atoms with Crippen LogP contribution >= 0.6 is 0 Å². The van der Waals surface area contributed by atoms with Gasteiger partial charge in [0.25, 0.3) is 0 Å². The molecule has 0 N–H and O–H groups in total. The molecule has 0 aromatic heterocycles. The van der Waals surface area contributed by atoms with E-state index in [4.69, 9.17) is 5.48 Å². The minimum Gasteiger partial charge on any atom is -0.0720 e. The summed E-state index contributed by atoms with van der Waals surface area (Å²) in [5.41, 5.74) is 0. The summed E-state index contributed by atoms with van der Waals surface area (Å²) in [5, 5.41) is 0. The molecule has 0 nitrogen and oxygen atoms in total. The van der Waals surface area contributed by atoms with Gasteiger partial charge in [0.05, 0.1) is 0 Å². The first-order valence-electron chi connectivity index (χ1n) is 4.86. The Bertz CT molecular complexity index is 141.